The first-order valence-corrected chi connectivity index (χ1v) is 6.20. The third-order valence-electron chi connectivity index (χ3n) is 2.97. The number of hydrogen-bond donors (Lipinski definition) is 2. The van der Waals surface area contributed by atoms with Crippen LogP contribution in [0.4, 0.5) is 5.00 Å². The molecule has 0 bridgehead atoms. The molecule has 0 atom stereocenters. The van der Waals surface area contributed by atoms with Gasteiger partial charge in [-0.25, -0.2) is 0 Å². The lowest BCUT2D eigenvalue weighted by Crippen LogP contribution is -2.32. The van der Waals surface area contributed by atoms with Crippen LogP contribution < -0.4 is 11.1 Å². The van der Waals surface area contributed by atoms with Crippen molar-refractivity contribution in [3.05, 3.63) is 17.0 Å². The summed E-state index contributed by atoms with van der Waals surface area (Å²) in [7, 11) is 0. The van der Waals surface area contributed by atoms with Crippen molar-refractivity contribution in [2.24, 2.45) is 5.73 Å². The molecule has 0 radical (unpaired) electrons. The molecule has 0 aliphatic heterocycles. The van der Waals surface area contributed by atoms with Gasteiger partial charge in [0.25, 0.3) is 0 Å². The second-order valence-electron chi connectivity index (χ2n) is 4.19. The molecule has 1 aliphatic rings. The number of hydrogen-bond acceptors (Lipinski definition) is 3. The first kappa shape index (κ1) is 9.99. The van der Waals surface area contributed by atoms with E-state index in [9.17, 15) is 0 Å². The van der Waals surface area contributed by atoms with Gasteiger partial charge in [0.1, 0.15) is 0 Å². The predicted octanol–water partition coefficient (Wildman–Crippen LogP) is 2.74. The Kier molecular flexibility index (Phi) is 3.08. The second kappa shape index (κ2) is 4.32. The fourth-order valence-electron chi connectivity index (χ4n) is 1.97. The molecule has 0 amide bonds. The molecule has 3 N–H and O–H groups in total. The van der Waals surface area contributed by atoms with Crippen molar-refractivity contribution < 1.29 is 0 Å². The molecule has 1 saturated carbocycles. The van der Waals surface area contributed by atoms with Crippen molar-refractivity contribution >= 4 is 16.3 Å². The lowest BCUT2D eigenvalue weighted by molar-refractivity contribution is 0.411. The Labute approximate surface area is 89.5 Å². The van der Waals surface area contributed by atoms with Crippen LogP contribution in [-0.2, 0) is 0 Å². The van der Waals surface area contributed by atoms with Gasteiger partial charge in [0.2, 0.25) is 0 Å². The Morgan fingerprint density at radius 2 is 2.07 bits per heavy atom. The van der Waals surface area contributed by atoms with Crippen molar-refractivity contribution in [1.82, 2.24) is 0 Å². The van der Waals surface area contributed by atoms with Crippen LogP contribution in [0.15, 0.2) is 11.4 Å². The summed E-state index contributed by atoms with van der Waals surface area (Å²) in [6.07, 6.45) is 4.78. The molecule has 2 nitrogen and oxygen atoms in total. The Morgan fingerprint density at radius 3 is 2.64 bits per heavy atom. The van der Waals surface area contributed by atoms with Crippen LogP contribution in [0.3, 0.4) is 0 Å². The monoisotopic (exact) mass is 210 g/mol. The van der Waals surface area contributed by atoms with Crippen LogP contribution in [0.2, 0.25) is 0 Å². The van der Waals surface area contributed by atoms with E-state index in [1.165, 1.54) is 36.2 Å². The highest BCUT2D eigenvalue weighted by Crippen LogP contribution is 2.26. The first-order valence-electron chi connectivity index (χ1n) is 5.32. The number of nitrogens with one attached hydrogen (secondary N) is 1. The van der Waals surface area contributed by atoms with E-state index in [-0.39, 0.29) is 0 Å². The average Bonchev–Trinajstić information content (AvgIpc) is 2.56. The lowest BCUT2D eigenvalue weighted by atomic mass is 9.92. The largest absolute Gasteiger partial charge is 0.374 e. The van der Waals surface area contributed by atoms with Crippen LogP contribution in [0.1, 0.15) is 31.2 Å². The Hall–Kier alpha value is -0.540. The quantitative estimate of drug-likeness (QED) is 0.787. The molecule has 1 aliphatic carbocycles. The molecule has 14 heavy (non-hydrogen) atoms. The lowest BCUT2D eigenvalue weighted by Gasteiger charge is -2.27. The number of anilines is 1. The molecule has 1 aromatic heterocycles. The van der Waals surface area contributed by atoms with Gasteiger partial charge in [0, 0.05) is 12.1 Å². The van der Waals surface area contributed by atoms with Gasteiger partial charge in [-0.3, -0.25) is 0 Å². The molecule has 2 rings (SSSR count). The summed E-state index contributed by atoms with van der Waals surface area (Å²) < 4.78 is 0. The van der Waals surface area contributed by atoms with Crippen LogP contribution in [0.25, 0.3) is 0 Å². The third kappa shape index (κ3) is 2.28. The van der Waals surface area contributed by atoms with E-state index in [1.807, 2.05) is 0 Å². The summed E-state index contributed by atoms with van der Waals surface area (Å²) in [5.74, 6) is 0. The number of nitrogens with two attached hydrogens (primary N) is 1. The smallest absolute Gasteiger partial charge is 0.0914 e. The second-order valence-corrected chi connectivity index (χ2v) is 5.10. The van der Waals surface area contributed by atoms with Crippen molar-refractivity contribution in [3.63, 3.8) is 0 Å². The minimum absolute atomic E-state index is 0.442. The third-order valence-corrected chi connectivity index (χ3v) is 3.92. The predicted molar refractivity (Wildman–Crippen MR) is 62.9 cm³/mol. The molecular weight excluding hydrogens is 192 g/mol. The summed E-state index contributed by atoms with van der Waals surface area (Å²) in [5.41, 5.74) is 7.24. The summed E-state index contributed by atoms with van der Waals surface area (Å²) in [6.45, 7) is 2.16. The summed E-state index contributed by atoms with van der Waals surface area (Å²) in [5, 5.41) is 7.10. The zero-order valence-corrected chi connectivity index (χ0v) is 9.44. The van der Waals surface area contributed by atoms with Crippen molar-refractivity contribution in [2.75, 3.05) is 5.32 Å². The SMILES string of the molecule is Cc1ccsc1NC1CCC(N)CC1. The highest BCUT2D eigenvalue weighted by atomic mass is 32.1. The van der Waals surface area contributed by atoms with Crippen LogP contribution in [0.5, 0.6) is 0 Å². The van der Waals surface area contributed by atoms with Gasteiger partial charge < -0.3 is 11.1 Å². The van der Waals surface area contributed by atoms with E-state index >= 15 is 0 Å². The standard InChI is InChI=1S/C11H18N2S/c1-8-6-7-14-11(8)13-10-4-2-9(12)3-5-10/h6-7,9-10,13H,2-5,12H2,1H3. The van der Waals surface area contributed by atoms with Gasteiger partial charge in [-0.1, -0.05) is 0 Å². The molecule has 1 heterocycles. The van der Waals surface area contributed by atoms with Gasteiger partial charge >= 0.3 is 0 Å². The highest BCUT2D eigenvalue weighted by Gasteiger charge is 2.18. The summed E-state index contributed by atoms with van der Waals surface area (Å²) in [4.78, 5) is 0. The van der Waals surface area contributed by atoms with Crippen LogP contribution in [-0.4, -0.2) is 12.1 Å². The van der Waals surface area contributed by atoms with Crippen LogP contribution >= 0.6 is 11.3 Å². The Bertz CT molecular complexity index is 287. The molecule has 1 aromatic rings. The van der Waals surface area contributed by atoms with E-state index < -0.39 is 0 Å². The van der Waals surface area contributed by atoms with Gasteiger partial charge in [0.05, 0.1) is 5.00 Å². The molecule has 0 spiro atoms. The van der Waals surface area contributed by atoms with E-state index in [0.29, 0.717) is 12.1 Å². The average molecular weight is 210 g/mol. The summed E-state index contributed by atoms with van der Waals surface area (Å²) >= 11 is 1.80. The zero-order valence-electron chi connectivity index (χ0n) is 8.62. The van der Waals surface area contributed by atoms with Gasteiger partial charge in [-0.2, -0.15) is 0 Å². The zero-order chi connectivity index (χ0) is 9.97. The fraction of sp³-hybridized carbons (Fsp3) is 0.636. The fourth-order valence-corrected chi connectivity index (χ4v) is 2.87. The van der Waals surface area contributed by atoms with Crippen molar-refractivity contribution in [3.8, 4) is 0 Å². The maximum Gasteiger partial charge on any atom is 0.0914 e. The van der Waals surface area contributed by atoms with E-state index in [1.54, 1.807) is 11.3 Å². The molecule has 0 saturated heterocycles. The van der Waals surface area contributed by atoms with Gasteiger partial charge in [-0.05, 0) is 49.6 Å². The van der Waals surface area contributed by atoms with E-state index in [0.717, 1.165) is 0 Å². The van der Waals surface area contributed by atoms with E-state index in [2.05, 4.69) is 23.7 Å². The number of thiophene rings is 1. The molecule has 78 valence electrons. The first-order chi connectivity index (χ1) is 6.75. The number of aryl methyl sites for hydroxylation is 1. The van der Waals surface area contributed by atoms with E-state index in [4.69, 9.17) is 5.73 Å². The van der Waals surface area contributed by atoms with Gasteiger partial charge in [0.15, 0.2) is 0 Å². The normalized spacial score (nSPS) is 27.6. The molecule has 0 aromatic carbocycles. The van der Waals surface area contributed by atoms with Crippen molar-refractivity contribution in [1.29, 1.82) is 0 Å². The van der Waals surface area contributed by atoms with Crippen molar-refractivity contribution in [2.45, 2.75) is 44.7 Å². The Morgan fingerprint density at radius 1 is 1.36 bits per heavy atom. The highest BCUT2D eigenvalue weighted by molar-refractivity contribution is 7.14. The van der Waals surface area contributed by atoms with Crippen LogP contribution in [0, 0.1) is 6.92 Å². The van der Waals surface area contributed by atoms with Gasteiger partial charge in [-0.15, -0.1) is 11.3 Å². The molecular formula is C11H18N2S. The maximum absolute atomic E-state index is 5.88. The minimum Gasteiger partial charge on any atom is -0.374 e. The maximum atomic E-state index is 5.88. The molecule has 0 unspecified atom stereocenters. The topological polar surface area (TPSA) is 38.0 Å². The molecule has 1 fully saturated rings. The molecule has 3 heteroatoms. The number of rotatable bonds is 2. The summed E-state index contributed by atoms with van der Waals surface area (Å²) in [6, 6.07) is 3.26. The Balaban J connectivity index is 1.89. The minimum atomic E-state index is 0.442.